The average molecular weight is 270 g/mol. The predicted octanol–water partition coefficient (Wildman–Crippen LogP) is 2.09. The first-order chi connectivity index (χ1) is 9.18. The van der Waals surface area contributed by atoms with Gasteiger partial charge in [0.2, 0.25) is 5.91 Å². The molecule has 0 aromatic heterocycles. The van der Waals surface area contributed by atoms with Crippen molar-refractivity contribution < 1.29 is 9.53 Å². The topological polar surface area (TPSA) is 50.4 Å². The molecule has 0 aromatic carbocycles. The van der Waals surface area contributed by atoms with E-state index >= 15 is 0 Å². The highest BCUT2D eigenvalue weighted by Crippen LogP contribution is 2.16. The van der Waals surface area contributed by atoms with Crippen LogP contribution >= 0.6 is 0 Å². The van der Waals surface area contributed by atoms with Gasteiger partial charge in [-0.15, -0.1) is 0 Å². The molecule has 0 aliphatic heterocycles. The summed E-state index contributed by atoms with van der Waals surface area (Å²) in [6.45, 7) is 7.16. The van der Waals surface area contributed by atoms with Crippen LogP contribution in [0.4, 0.5) is 0 Å². The average Bonchev–Trinajstić information content (AvgIpc) is 2.38. The third-order valence-electron chi connectivity index (χ3n) is 3.35. The molecular formula is C15H30N2O2. The lowest BCUT2D eigenvalue weighted by Gasteiger charge is -2.22. The summed E-state index contributed by atoms with van der Waals surface area (Å²) in [5.74, 6) is 0.726. The van der Waals surface area contributed by atoms with E-state index in [1.54, 1.807) is 0 Å². The van der Waals surface area contributed by atoms with Gasteiger partial charge in [-0.25, -0.2) is 0 Å². The molecule has 4 heteroatoms. The Hall–Kier alpha value is -0.610. The Balaban J connectivity index is 1.89. The van der Waals surface area contributed by atoms with Crippen molar-refractivity contribution >= 4 is 5.91 Å². The van der Waals surface area contributed by atoms with Crippen LogP contribution in [0.15, 0.2) is 0 Å². The van der Waals surface area contributed by atoms with Crippen molar-refractivity contribution in [3.05, 3.63) is 0 Å². The highest BCUT2D eigenvalue weighted by molar-refractivity contribution is 5.78. The zero-order valence-corrected chi connectivity index (χ0v) is 12.5. The molecule has 0 radical (unpaired) electrons. The Morgan fingerprint density at radius 1 is 1.26 bits per heavy atom. The molecule has 4 nitrogen and oxygen atoms in total. The van der Waals surface area contributed by atoms with Gasteiger partial charge >= 0.3 is 0 Å². The van der Waals surface area contributed by atoms with Gasteiger partial charge in [0.15, 0.2) is 0 Å². The van der Waals surface area contributed by atoms with E-state index in [9.17, 15) is 4.79 Å². The minimum atomic E-state index is 0.134. The summed E-state index contributed by atoms with van der Waals surface area (Å²) in [5.41, 5.74) is 0. The van der Waals surface area contributed by atoms with Crippen molar-refractivity contribution in [2.45, 2.75) is 58.4 Å². The van der Waals surface area contributed by atoms with E-state index in [4.69, 9.17) is 4.74 Å². The van der Waals surface area contributed by atoms with E-state index < -0.39 is 0 Å². The fraction of sp³-hybridized carbons (Fsp3) is 0.933. The number of hydrogen-bond acceptors (Lipinski definition) is 3. The molecule has 0 unspecified atom stereocenters. The minimum Gasteiger partial charge on any atom is -0.381 e. The number of rotatable bonds is 9. The van der Waals surface area contributed by atoms with Crippen molar-refractivity contribution in [3.8, 4) is 0 Å². The molecule has 0 heterocycles. The largest absolute Gasteiger partial charge is 0.381 e. The fourth-order valence-corrected chi connectivity index (χ4v) is 2.35. The number of carbonyl (C=O) groups excluding carboxylic acids is 1. The molecule has 1 saturated carbocycles. The first-order valence-electron chi connectivity index (χ1n) is 7.76. The van der Waals surface area contributed by atoms with Gasteiger partial charge in [0.1, 0.15) is 0 Å². The van der Waals surface area contributed by atoms with E-state index in [0.29, 0.717) is 18.5 Å². The van der Waals surface area contributed by atoms with Crippen LogP contribution in [0.1, 0.15) is 52.4 Å². The second-order valence-electron chi connectivity index (χ2n) is 5.90. The van der Waals surface area contributed by atoms with Crippen LogP contribution in [0.5, 0.6) is 0 Å². The molecule has 1 rings (SSSR count). The number of ether oxygens (including phenoxy) is 1. The summed E-state index contributed by atoms with van der Waals surface area (Å²) in [6, 6.07) is 0.414. The van der Waals surface area contributed by atoms with Gasteiger partial charge in [0, 0.05) is 19.3 Å². The number of hydrogen-bond donors (Lipinski definition) is 2. The Kier molecular flexibility index (Phi) is 8.84. The van der Waals surface area contributed by atoms with Gasteiger partial charge in [-0.05, 0) is 31.7 Å². The Morgan fingerprint density at radius 2 is 2.00 bits per heavy atom. The van der Waals surface area contributed by atoms with Gasteiger partial charge in [0.25, 0.3) is 0 Å². The first-order valence-corrected chi connectivity index (χ1v) is 7.76. The third kappa shape index (κ3) is 9.00. The van der Waals surface area contributed by atoms with E-state index in [2.05, 4.69) is 24.5 Å². The maximum atomic E-state index is 11.7. The van der Waals surface area contributed by atoms with Gasteiger partial charge in [-0.2, -0.15) is 0 Å². The van der Waals surface area contributed by atoms with E-state index in [0.717, 1.165) is 39.0 Å². The highest BCUT2D eigenvalue weighted by atomic mass is 16.5. The van der Waals surface area contributed by atoms with Crippen molar-refractivity contribution in [2.75, 3.05) is 26.3 Å². The van der Waals surface area contributed by atoms with Crippen LogP contribution in [0.3, 0.4) is 0 Å². The quantitative estimate of drug-likeness (QED) is 0.631. The minimum absolute atomic E-state index is 0.134. The molecule has 1 amide bonds. The second kappa shape index (κ2) is 10.2. The molecule has 0 aromatic rings. The molecule has 112 valence electrons. The SMILES string of the molecule is CC(C)COCCCNCC(=O)NC1CCCCC1. The van der Waals surface area contributed by atoms with E-state index in [1.807, 2.05) is 0 Å². The summed E-state index contributed by atoms with van der Waals surface area (Å²) < 4.78 is 5.48. The normalized spacial score (nSPS) is 16.8. The molecule has 1 aliphatic rings. The number of carbonyl (C=O) groups is 1. The van der Waals surface area contributed by atoms with Crippen molar-refractivity contribution in [2.24, 2.45) is 5.92 Å². The van der Waals surface area contributed by atoms with Gasteiger partial charge in [-0.3, -0.25) is 4.79 Å². The highest BCUT2D eigenvalue weighted by Gasteiger charge is 2.14. The Morgan fingerprint density at radius 3 is 2.68 bits per heavy atom. The summed E-state index contributed by atoms with van der Waals surface area (Å²) in [7, 11) is 0. The van der Waals surface area contributed by atoms with Crippen LogP contribution in [0.2, 0.25) is 0 Å². The monoisotopic (exact) mass is 270 g/mol. The lowest BCUT2D eigenvalue weighted by Crippen LogP contribution is -2.41. The van der Waals surface area contributed by atoms with E-state index in [-0.39, 0.29) is 5.91 Å². The maximum absolute atomic E-state index is 11.7. The molecule has 0 bridgehead atoms. The lowest BCUT2D eigenvalue weighted by molar-refractivity contribution is -0.121. The number of nitrogens with one attached hydrogen (secondary N) is 2. The van der Waals surface area contributed by atoms with Crippen molar-refractivity contribution in [3.63, 3.8) is 0 Å². The first kappa shape index (κ1) is 16.4. The van der Waals surface area contributed by atoms with Crippen LogP contribution < -0.4 is 10.6 Å². The van der Waals surface area contributed by atoms with Gasteiger partial charge < -0.3 is 15.4 Å². The van der Waals surface area contributed by atoms with Crippen LogP contribution in [-0.2, 0) is 9.53 Å². The zero-order valence-electron chi connectivity index (χ0n) is 12.5. The second-order valence-corrected chi connectivity index (χ2v) is 5.90. The van der Waals surface area contributed by atoms with Gasteiger partial charge in [0.05, 0.1) is 6.54 Å². The molecular weight excluding hydrogens is 240 g/mol. The smallest absolute Gasteiger partial charge is 0.234 e. The summed E-state index contributed by atoms with van der Waals surface area (Å²) in [6.07, 6.45) is 7.09. The van der Waals surface area contributed by atoms with Crippen LogP contribution in [-0.4, -0.2) is 38.3 Å². The summed E-state index contributed by atoms with van der Waals surface area (Å²) in [5, 5.41) is 6.27. The predicted molar refractivity (Wildman–Crippen MR) is 78.2 cm³/mol. The standard InChI is InChI=1S/C15H30N2O2/c1-13(2)12-19-10-6-9-16-11-15(18)17-14-7-4-3-5-8-14/h13-14,16H,3-12H2,1-2H3,(H,17,18). The molecule has 1 fully saturated rings. The van der Waals surface area contributed by atoms with Gasteiger partial charge in [-0.1, -0.05) is 33.1 Å². The lowest BCUT2D eigenvalue weighted by atomic mass is 9.95. The molecule has 0 spiro atoms. The number of amides is 1. The Bertz CT molecular complexity index is 238. The molecule has 0 saturated heterocycles. The molecule has 19 heavy (non-hydrogen) atoms. The van der Waals surface area contributed by atoms with Crippen LogP contribution in [0, 0.1) is 5.92 Å². The van der Waals surface area contributed by atoms with Crippen molar-refractivity contribution in [1.82, 2.24) is 10.6 Å². The summed E-state index contributed by atoms with van der Waals surface area (Å²) >= 11 is 0. The van der Waals surface area contributed by atoms with E-state index in [1.165, 1.54) is 19.3 Å². The molecule has 0 atom stereocenters. The molecule has 1 aliphatic carbocycles. The Labute approximate surface area is 117 Å². The zero-order chi connectivity index (χ0) is 13.9. The fourth-order valence-electron chi connectivity index (χ4n) is 2.35. The maximum Gasteiger partial charge on any atom is 0.234 e. The van der Waals surface area contributed by atoms with Crippen LogP contribution in [0.25, 0.3) is 0 Å². The third-order valence-corrected chi connectivity index (χ3v) is 3.35. The molecule has 2 N–H and O–H groups in total. The summed E-state index contributed by atoms with van der Waals surface area (Å²) in [4.78, 5) is 11.7. The van der Waals surface area contributed by atoms with Crippen molar-refractivity contribution in [1.29, 1.82) is 0 Å².